The van der Waals surface area contributed by atoms with Gasteiger partial charge in [0.2, 0.25) is 5.91 Å². The Kier molecular flexibility index (Phi) is 7.82. The van der Waals surface area contributed by atoms with Gasteiger partial charge in [-0.2, -0.15) is 0 Å². The van der Waals surface area contributed by atoms with Crippen molar-refractivity contribution in [1.29, 1.82) is 0 Å². The SMILES string of the molecule is C=C(C(=O)OC)N(Cc1ccccc1NC(=O)C(C)C)S(=O)(=O)c1ccc(OC)cc1. The van der Waals surface area contributed by atoms with Crippen molar-refractivity contribution in [3.05, 3.63) is 66.4 Å². The van der Waals surface area contributed by atoms with E-state index in [2.05, 4.69) is 11.9 Å². The van der Waals surface area contributed by atoms with Gasteiger partial charge in [-0.25, -0.2) is 13.2 Å². The van der Waals surface area contributed by atoms with E-state index in [4.69, 9.17) is 9.47 Å². The van der Waals surface area contributed by atoms with E-state index < -0.39 is 16.0 Å². The third-order valence-electron chi connectivity index (χ3n) is 4.48. The van der Waals surface area contributed by atoms with Gasteiger partial charge in [-0.3, -0.25) is 9.10 Å². The Bertz CT molecular complexity index is 1060. The Balaban J connectivity index is 2.50. The molecule has 0 bridgehead atoms. The average molecular weight is 447 g/mol. The van der Waals surface area contributed by atoms with Crippen molar-refractivity contribution in [2.45, 2.75) is 25.3 Å². The number of anilines is 1. The van der Waals surface area contributed by atoms with Crippen molar-refractivity contribution in [3.63, 3.8) is 0 Å². The molecule has 1 amide bonds. The number of ether oxygens (including phenoxy) is 2. The molecule has 9 heteroatoms. The number of nitrogens with one attached hydrogen (secondary N) is 1. The Morgan fingerprint density at radius 2 is 1.68 bits per heavy atom. The second-order valence-corrected chi connectivity index (χ2v) is 8.79. The Morgan fingerprint density at radius 3 is 2.23 bits per heavy atom. The molecule has 0 unspecified atom stereocenters. The predicted molar refractivity (Wildman–Crippen MR) is 117 cm³/mol. The van der Waals surface area contributed by atoms with Crippen LogP contribution >= 0.6 is 0 Å². The Hall–Kier alpha value is -3.33. The molecular weight excluding hydrogens is 420 g/mol. The average Bonchev–Trinajstić information content (AvgIpc) is 2.77. The molecule has 0 fully saturated rings. The molecule has 0 aliphatic carbocycles. The molecule has 0 aliphatic heterocycles. The molecule has 2 rings (SSSR count). The molecule has 0 aliphatic rings. The molecule has 0 saturated heterocycles. The molecule has 0 saturated carbocycles. The smallest absolute Gasteiger partial charge is 0.354 e. The first-order valence-corrected chi connectivity index (χ1v) is 10.9. The van der Waals surface area contributed by atoms with E-state index in [9.17, 15) is 18.0 Å². The number of para-hydroxylation sites is 1. The van der Waals surface area contributed by atoms with Crippen molar-refractivity contribution in [3.8, 4) is 5.75 Å². The van der Waals surface area contributed by atoms with Crippen LogP contribution in [0.1, 0.15) is 19.4 Å². The van der Waals surface area contributed by atoms with Gasteiger partial charge in [0.15, 0.2) is 0 Å². The third kappa shape index (κ3) is 5.64. The molecular formula is C22H26N2O6S. The molecule has 1 N–H and O–H groups in total. The summed E-state index contributed by atoms with van der Waals surface area (Å²) in [5.41, 5.74) is 0.566. The van der Waals surface area contributed by atoms with E-state index in [1.54, 1.807) is 38.1 Å². The van der Waals surface area contributed by atoms with E-state index in [1.807, 2.05) is 0 Å². The van der Waals surface area contributed by atoms with Crippen LogP contribution < -0.4 is 10.1 Å². The van der Waals surface area contributed by atoms with Gasteiger partial charge in [-0.05, 0) is 35.9 Å². The molecule has 0 heterocycles. The largest absolute Gasteiger partial charge is 0.497 e. The van der Waals surface area contributed by atoms with Gasteiger partial charge in [-0.1, -0.05) is 38.6 Å². The number of benzene rings is 2. The van der Waals surface area contributed by atoms with Crippen molar-refractivity contribution >= 4 is 27.6 Å². The number of amides is 1. The number of carbonyl (C=O) groups excluding carboxylic acids is 2. The first kappa shape index (κ1) is 23.9. The van der Waals surface area contributed by atoms with Crippen LogP contribution in [0, 0.1) is 5.92 Å². The second kappa shape index (κ2) is 10.1. The summed E-state index contributed by atoms with van der Waals surface area (Å²) in [6.07, 6.45) is 0. The predicted octanol–water partition coefficient (Wildman–Crippen LogP) is 3.17. The molecule has 0 radical (unpaired) electrons. The number of rotatable bonds is 9. The van der Waals surface area contributed by atoms with Gasteiger partial charge >= 0.3 is 5.97 Å². The van der Waals surface area contributed by atoms with Crippen LogP contribution in [0.15, 0.2) is 65.7 Å². The zero-order valence-corrected chi connectivity index (χ0v) is 18.7. The van der Waals surface area contributed by atoms with Crippen LogP contribution in [0.4, 0.5) is 5.69 Å². The summed E-state index contributed by atoms with van der Waals surface area (Å²) >= 11 is 0. The maximum absolute atomic E-state index is 13.4. The quantitative estimate of drug-likeness (QED) is 0.469. The summed E-state index contributed by atoms with van der Waals surface area (Å²) in [7, 11) is -1.56. The summed E-state index contributed by atoms with van der Waals surface area (Å²) in [5.74, 6) is -0.888. The van der Waals surface area contributed by atoms with Crippen LogP contribution in [0.3, 0.4) is 0 Å². The number of hydrogen-bond acceptors (Lipinski definition) is 6. The third-order valence-corrected chi connectivity index (χ3v) is 6.28. The molecule has 8 nitrogen and oxygen atoms in total. The standard InChI is InChI=1S/C22H26N2O6S/c1-15(2)21(25)23-20-9-7-6-8-17(20)14-24(16(3)22(26)30-5)31(27,28)19-12-10-18(29-4)11-13-19/h6-13,15H,3,14H2,1-2,4-5H3,(H,23,25). The van der Waals surface area contributed by atoms with Gasteiger partial charge in [0.05, 0.1) is 25.7 Å². The molecule has 31 heavy (non-hydrogen) atoms. The van der Waals surface area contributed by atoms with Crippen molar-refractivity contribution in [2.24, 2.45) is 5.92 Å². The van der Waals surface area contributed by atoms with Crippen LogP contribution in [0.5, 0.6) is 5.75 Å². The van der Waals surface area contributed by atoms with Gasteiger partial charge in [0, 0.05) is 11.6 Å². The number of carbonyl (C=O) groups is 2. The lowest BCUT2D eigenvalue weighted by Gasteiger charge is -2.26. The molecule has 0 spiro atoms. The number of nitrogens with zero attached hydrogens (tertiary/aromatic N) is 1. The summed E-state index contributed by atoms with van der Waals surface area (Å²) in [4.78, 5) is 24.3. The zero-order valence-electron chi connectivity index (χ0n) is 17.9. The molecule has 166 valence electrons. The number of hydrogen-bond donors (Lipinski definition) is 1. The fourth-order valence-electron chi connectivity index (χ4n) is 2.63. The van der Waals surface area contributed by atoms with Crippen LogP contribution in [0.25, 0.3) is 0 Å². The van der Waals surface area contributed by atoms with E-state index in [0.717, 1.165) is 11.4 Å². The van der Waals surface area contributed by atoms with Gasteiger partial charge < -0.3 is 14.8 Å². The summed E-state index contributed by atoms with van der Waals surface area (Å²) in [6.45, 7) is 6.88. The molecule has 2 aromatic rings. The second-order valence-electron chi connectivity index (χ2n) is 6.93. The lowest BCUT2D eigenvalue weighted by Crippen LogP contribution is -2.34. The van der Waals surface area contributed by atoms with Crippen LogP contribution in [-0.2, 0) is 30.9 Å². The first-order chi connectivity index (χ1) is 14.6. The van der Waals surface area contributed by atoms with E-state index in [1.165, 1.54) is 31.4 Å². The monoisotopic (exact) mass is 446 g/mol. The lowest BCUT2D eigenvalue weighted by atomic mass is 10.1. The number of esters is 1. The number of sulfonamides is 1. The molecule has 2 aromatic carbocycles. The van der Waals surface area contributed by atoms with Crippen molar-refractivity contribution in [1.82, 2.24) is 4.31 Å². The van der Waals surface area contributed by atoms with Crippen molar-refractivity contribution < 1.29 is 27.5 Å². The fraction of sp³-hybridized carbons (Fsp3) is 0.273. The minimum Gasteiger partial charge on any atom is -0.497 e. The fourth-order valence-corrected chi connectivity index (χ4v) is 4.04. The first-order valence-electron chi connectivity index (χ1n) is 9.44. The highest BCUT2D eigenvalue weighted by Gasteiger charge is 2.30. The highest BCUT2D eigenvalue weighted by Crippen LogP contribution is 2.27. The van der Waals surface area contributed by atoms with Crippen LogP contribution in [0.2, 0.25) is 0 Å². The summed E-state index contributed by atoms with van der Waals surface area (Å²) in [6, 6.07) is 12.5. The normalized spacial score (nSPS) is 11.0. The summed E-state index contributed by atoms with van der Waals surface area (Å²) in [5, 5.41) is 2.78. The topological polar surface area (TPSA) is 102 Å². The van der Waals surface area contributed by atoms with E-state index in [0.29, 0.717) is 17.0 Å². The molecule has 0 aromatic heterocycles. The Morgan fingerprint density at radius 1 is 1.06 bits per heavy atom. The van der Waals surface area contributed by atoms with Gasteiger partial charge in [-0.15, -0.1) is 0 Å². The Labute approximate surface area is 182 Å². The highest BCUT2D eigenvalue weighted by molar-refractivity contribution is 7.89. The van der Waals surface area contributed by atoms with Crippen molar-refractivity contribution in [2.75, 3.05) is 19.5 Å². The minimum absolute atomic E-state index is 0.0537. The van der Waals surface area contributed by atoms with Crippen LogP contribution in [-0.4, -0.2) is 38.8 Å². The summed E-state index contributed by atoms with van der Waals surface area (Å²) < 4.78 is 37.4. The zero-order chi connectivity index (χ0) is 23.2. The molecule has 0 atom stereocenters. The van der Waals surface area contributed by atoms with E-state index in [-0.39, 0.29) is 29.0 Å². The number of methoxy groups -OCH3 is 2. The lowest BCUT2D eigenvalue weighted by molar-refractivity contribution is -0.137. The van der Waals surface area contributed by atoms with E-state index >= 15 is 0 Å². The minimum atomic E-state index is -4.18. The highest BCUT2D eigenvalue weighted by atomic mass is 32.2. The van der Waals surface area contributed by atoms with Gasteiger partial charge in [0.25, 0.3) is 10.0 Å². The maximum atomic E-state index is 13.4. The maximum Gasteiger partial charge on any atom is 0.354 e. The van der Waals surface area contributed by atoms with Gasteiger partial charge in [0.1, 0.15) is 11.4 Å².